The van der Waals surface area contributed by atoms with Crippen LogP contribution in [0.5, 0.6) is 0 Å². The zero-order chi connectivity index (χ0) is 14.3. The van der Waals surface area contributed by atoms with Gasteiger partial charge in [0.05, 0.1) is 5.75 Å². The fourth-order valence-electron chi connectivity index (χ4n) is 1.87. The van der Waals surface area contributed by atoms with E-state index in [2.05, 4.69) is 5.43 Å². The van der Waals surface area contributed by atoms with E-state index in [0.717, 1.165) is 5.56 Å². The van der Waals surface area contributed by atoms with Crippen LogP contribution >= 0.6 is 11.6 Å². The van der Waals surface area contributed by atoms with Gasteiger partial charge in [0.15, 0.2) is 0 Å². The first-order valence-electron chi connectivity index (χ1n) is 6.38. The molecule has 0 heterocycles. The van der Waals surface area contributed by atoms with Crippen LogP contribution in [0.15, 0.2) is 24.3 Å². The van der Waals surface area contributed by atoms with Crippen LogP contribution in [0.1, 0.15) is 25.3 Å². The maximum Gasteiger partial charge on any atom is 0.150 e. The monoisotopic (exact) mass is 304 g/mol. The predicted molar refractivity (Wildman–Crippen MR) is 79.8 cm³/mol. The van der Waals surface area contributed by atoms with E-state index in [1.807, 2.05) is 24.3 Å². The smallest absolute Gasteiger partial charge is 0.150 e. The van der Waals surface area contributed by atoms with Crippen LogP contribution in [0, 0.1) is 0 Å². The maximum absolute atomic E-state index is 11.4. The fourth-order valence-corrected chi connectivity index (χ4v) is 2.98. The van der Waals surface area contributed by atoms with E-state index in [-0.39, 0.29) is 17.5 Å². The van der Waals surface area contributed by atoms with Crippen LogP contribution in [0.2, 0.25) is 5.02 Å². The Kier molecular flexibility index (Phi) is 6.79. The SMILES string of the molecule is CCS(=O)(=O)CCCC(Cc1ccccc1Cl)NN. The molecule has 0 aliphatic heterocycles. The van der Waals surface area contributed by atoms with Crippen molar-refractivity contribution >= 4 is 21.4 Å². The molecule has 4 nitrogen and oxygen atoms in total. The van der Waals surface area contributed by atoms with Crippen LogP contribution in [0.4, 0.5) is 0 Å². The third-order valence-electron chi connectivity index (χ3n) is 3.11. The van der Waals surface area contributed by atoms with E-state index >= 15 is 0 Å². The normalized spacial score (nSPS) is 13.4. The minimum atomic E-state index is -2.90. The lowest BCUT2D eigenvalue weighted by atomic mass is 10.0. The quantitative estimate of drug-likeness (QED) is 0.568. The van der Waals surface area contributed by atoms with Crippen molar-refractivity contribution in [2.24, 2.45) is 5.84 Å². The topological polar surface area (TPSA) is 72.2 Å². The Morgan fingerprint density at radius 3 is 2.63 bits per heavy atom. The van der Waals surface area contributed by atoms with E-state index in [1.165, 1.54) is 0 Å². The fraction of sp³-hybridized carbons (Fsp3) is 0.538. The van der Waals surface area contributed by atoms with Gasteiger partial charge in [-0.25, -0.2) is 8.42 Å². The summed E-state index contributed by atoms with van der Waals surface area (Å²) in [6.45, 7) is 1.66. The van der Waals surface area contributed by atoms with Crippen molar-refractivity contribution < 1.29 is 8.42 Å². The molecule has 1 unspecified atom stereocenters. The molecule has 0 saturated heterocycles. The summed E-state index contributed by atoms with van der Waals surface area (Å²) in [6.07, 6.45) is 2.01. The Morgan fingerprint density at radius 2 is 2.05 bits per heavy atom. The highest BCUT2D eigenvalue weighted by Crippen LogP contribution is 2.18. The Hall–Kier alpha value is -0.620. The lowest BCUT2D eigenvalue weighted by Gasteiger charge is -2.16. The molecule has 1 rings (SSSR count). The van der Waals surface area contributed by atoms with Gasteiger partial charge in [0.1, 0.15) is 9.84 Å². The molecule has 0 saturated carbocycles. The number of benzene rings is 1. The Balaban J connectivity index is 2.49. The number of nitrogens with two attached hydrogens (primary N) is 1. The minimum absolute atomic E-state index is 0.0342. The van der Waals surface area contributed by atoms with Gasteiger partial charge in [0.25, 0.3) is 0 Å². The number of hydrazine groups is 1. The lowest BCUT2D eigenvalue weighted by Crippen LogP contribution is -2.37. The molecule has 1 aromatic carbocycles. The summed E-state index contributed by atoms with van der Waals surface area (Å²) in [6, 6.07) is 7.63. The zero-order valence-electron chi connectivity index (χ0n) is 11.1. The van der Waals surface area contributed by atoms with E-state index in [1.54, 1.807) is 6.92 Å². The van der Waals surface area contributed by atoms with Gasteiger partial charge in [-0.1, -0.05) is 36.7 Å². The predicted octanol–water partition coefficient (Wildman–Crippen LogP) is 1.93. The highest BCUT2D eigenvalue weighted by Gasteiger charge is 2.12. The molecule has 0 bridgehead atoms. The van der Waals surface area contributed by atoms with E-state index in [0.29, 0.717) is 24.3 Å². The summed E-state index contributed by atoms with van der Waals surface area (Å²) < 4.78 is 22.8. The number of hydrogen-bond acceptors (Lipinski definition) is 4. The lowest BCUT2D eigenvalue weighted by molar-refractivity contribution is 0.484. The zero-order valence-corrected chi connectivity index (χ0v) is 12.7. The van der Waals surface area contributed by atoms with Crippen molar-refractivity contribution in [3.05, 3.63) is 34.9 Å². The molecule has 1 aromatic rings. The first-order chi connectivity index (χ1) is 8.98. The van der Waals surface area contributed by atoms with Gasteiger partial charge in [0, 0.05) is 16.8 Å². The van der Waals surface area contributed by atoms with Crippen LogP contribution in [0.25, 0.3) is 0 Å². The van der Waals surface area contributed by atoms with Crippen LogP contribution in [-0.4, -0.2) is 26.0 Å². The molecule has 0 aromatic heterocycles. The van der Waals surface area contributed by atoms with Crippen molar-refractivity contribution in [2.75, 3.05) is 11.5 Å². The van der Waals surface area contributed by atoms with Gasteiger partial charge < -0.3 is 0 Å². The highest BCUT2D eigenvalue weighted by atomic mass is 35.5. The van der Waals surface area contributed by atoms with Gasteiger partial charge in [-0.15, -0.1) is 0 Å². The van der Waals surface area contributed by atoms with Gasteiger partial charge >= 0.3 is 0 Å². The first-order valence-corrected chi connectivity index (χ1v) is 8.58. The third-order valence-corrected chi connectivity index (χ3v) is 5.27. The van der Waals surface area contributed by atoms with Crippen molar-refractivity contribution in [3.63, 3.8) is 0 Å². The summed E-state index contributed by atoms with van der Waals surface area (Å²) >= 11 is 6.09. The van der Waals surface area contributed by atoms with Crippen molar-refractivity contribution in [3.8, 4) is 0 Å². The first kappa shape index (κ1) is 16.4. The van der Waals surface area contributed by atoms with Gasteiger partial charge in [-0.3, -0.25) is 11.3 Å². The molecule has 3 N–H and O–H groups in total. The second-order valence-corrected chi connectivity index (χ2v) is 7.42. The van der Waals surface area contributed by atoms with Crippen molar-refractivity contribution in [2.45, 2.75) is 32.2 Å². The molecule has 108 valence electrons. The largest absolute Gasteiger partial charge is 0.271 e. The summed E-state index contributed by atoms with van der Waals surface area (Å²) in [5.41, 5.74) is 3.75. The molecule has 0 radical (unpaired) electrons. The maximum atomic E-state index is 11.4. The van der Waals surface area contributed by atoms with Gasteiger partial charge in [0.2, 0.25) is 0 Å². The molecule has 0 aliphatic carbocycles. The number of sulfone groups is 1. The average Bonchev–Trinajstić information content (AvgIpc) is 2.39. The van der Waals surface area contributed by atoms with Crippen LogP contribution < -0.4 is 11.3 Å². The minimum Gasteiger partial charge on any atom is -0.271 e. The van der Waals surface area contributed by atoms with Gasteiger partial charge in [-0.2, -0.15) is 0 Å². The Bertz CT molecular complexity index is 491. The molecular weight excluding hydrogens is 284 g/mol. The molecule has 0 aliphatic rings. The van der Waals surface area contributed by atoms with E-state index in [9.17, 15) is 8.42 Å². The number of rotatable bonds is 8. The third kappa shape index (κ3) is 5.91. The second kappa shape index (κ2) is 7.85. The highest BCUT2D eigenvalue weighted by molar-refractivity contribution is 7.91. The van der Waals surface area contributed by atoms with Crippen LogP contribution in [-0.2, 0) is 16.3 Å². The summed E-state index contributed by atoms with van der Waals surface area (Å²) in [4.78, 5) is 0. The Morgan fingerprint density at radius 1 is 1.37 bits per heavy atom. The van der Waals surface area contributed by atoms with Crippen LogP contribution in [0.3, 0.4) is 0 Å². The van der Waals surface area contributed by atoms with Crippen molar-refractivity contribution in [1.29, 1.82) is 0 Å². The molecule has 0 spiro atoms. The average molecular weight is 305 g/mol. The number of hydrogen-bond donors (Lipinski definition) is 2. The molecule has 19 heavy (non-hydrogen) atoms. The molecule has 1 atom stereocenters. The molecule has 0 amide bonds. The van der Waals surface area contributed by atoms with E-state index in [4.69, 9.17) is 17.4 Å². The Labute approximate surface area is 120 Å². The summed E-state index contributed by atoms with van der Waals surface area (Å²) in [5, 5.41) is 0.712. The molecule has 0 fully saturated rings. The number of halogens is 1. The standard InChI is InChI=1S/C13H21ClN2O2S/c1-2-19(17,18)9-5-7-12(16-15)10-11-6-3-4-8-13(11)14/h3-4,6,8,12,16H,2,5,7,9-10,15H2,1H3. The van der Waals surface area contributed by atoms with Crippen molar-refractivity contribution in [1.82, 2.24) is 5.43 Å². The molecular formula is C13H21ClN2O2S. The summed E-state index contributed by atoms with van der Waals surface area (Å²) in [5.74, 6) is 5.92. The number of nitrogens with one attached hydrogen (secondary N) is 1. The molecule has 6 heteroatoms. The second-order valence-electron chi connectivity index (χ2n) is 4.54. The van der Waals surface area contributed by atoms with E-state index < -0.39 is 9.84 Å². The summed E-state index contributed by atoms with van der Waals surface area (Å²) in [7, 11) is -2.90. The van der Waals surface area contributed by atoms with Gasteiger partial charge in [-0.05, 0) is 30.9 Å².